The SMILES string of the molecule is Cc1ccncc1C(O)c1cccc(N)c1. The van der Waals surface area contributed by atoms with Crippen molar-refractivity contribution < 1.29 is 5.11 Å². The lowest BCUT2D eigenvalue weighted by Crippen LogP contribution is -2.03. The van der Waals surface area contributed by atoms with E-state index in [0.717, 1.165) is 16.7 Å². The molecule has 82 valence electrons. The van der Waals surface area contributed by atoms with Gasteiger partial charge in [0.2, 0.25) is 0 Å². The van der Waals surface area contributed by atoms with Gasteiger partial charge in [0.05, 0.1) is 0 Å². The Morgan fingerprint density at radius 3 is 2.81 bits per heavy atom. The maximum absolute atomic E-state index is 10.2. The van der Waals surface area contributed by atoms with E-state index in [1.165, 1.54) is 0 Å². The number of nitrogens with zero attached hydrogens (tertiary/aromatic N) is 1. The molecule has 0 fully saturated rings. The van der Waals surface area contributed by atoms with Gasteiger partial charge in [-0.15, -0.1) is 0 Å². The summed E-state index contributed by atoms with van der Waals surface area (Å²) in [5.74, 6) is 0. The van der Waals surface area contributed by atoms with Crippen molar-refractivity contribution in [3.63, 3.8) is 0 Å². The maximum Gasteiger partial charge on any atom is 0.106 e. The van der Waals surface area contributed by atoms with E-state index < -0.39 is 6.10 Å². The molecule has 2 aromatic rings. The van der Waals surface area contributed by atoms with E-state index in [4.69, 9.17) is 5.73 Å². The first kappa shape index (κ1) is 10.6. The number of nitrogens with two attached hydrogens (primary N) is 1. The Labute approximate surface area is 94.6 Å². The molecule has 1 heterocycles. The van der Waals surface area contributed by atoms with Gasteiger partial charge < -0.3 is 10.8 Å². The van der Waals surface area contributed by atoms with Crippen LogP contribution in [0.3, 0.4) is 0 Å². The Kier molecular flexibility index (Phi) is 2.88. The van der Waals surface area contributed by atoms with Gasteiger partial charge in [-0.2, -0.15) is 0 Å². The molecule has 2 rings (SSSR count). The first-order valence-corrected chi connectivity index (χ1v) is 5.12. The second-order valence-corrected chi connectivity index (χ2v) is 3.80. The quantitative estimate of drug-likeness (QED) is 0.752. The summed E-state index contributed by atoms with van der Waals surface area (Å²) >= 11 is 0. The molecule has 0 aliphatic heterocycles. The number of pyridine rings is 1. The number of anilines is 1. The Morgan fingerprint density at radius 1 is 1.31 bits per heavy atom. The summed E-state index contributed by atoms with van der Waals surface area (Å²) in [6.07, 6.45) is 2.73. The number of aromatic nitrogens is 1. The molecule has 3 nitrogen and oxygen atoms in total. The summed E-state index contributed by atoms with van der Waals surface area (Å²) < 4.78 is 0. The Hall–Kier alpha value is -1.87. The van der Waals surface area contributed by atoms with Crippen molar-refractivity contribution in [2.45, 2.75) is 13.0 Å². The molecule has 0 spiro atoms. The van der Waals surface area contributed by atoms with Gasteiger partial charge in [0, 0.05) is 23.6 Å². The van der Waals surface area contributed by atoms with Gasteiger partial charge in [-0.1, -0.05) is 12.1 Å². The number of aliphatic hydroxyl groups is 1. The highest BCUT2D eigenvalue weighted by Crippen LogP contribution is 2.24. The second kappa shape index (κ2) is 4.33. The fourth-order valence-corrected chi connectivity index (χ4v) is 1.67. The van der Waals surface area contributed by atoms with Crippen LogP contribution in [0.15, 0.2) is 42.7 Å². The van der Waals surface area contributed by atoms with Crippen LogP contribution < -0.4 is 5.73 Å². The standard InChI is InChI=1S/C13H14N2O/c1-9-5-6-15-8-12(9)13(16)10-3-2-4-11(14)7-10/h2-8,13,16H,14H2,1H3. The zero-order valence-electron chi connectivity index (χ0n) is 9.09. The molecule has 3 heteroatoms. The molecule has 1 aromatic carbocycles. The zero-order valence-corrected chi connectivity index (χ0v) is 9.09. The lowest BCUT2D eigenvalue weighted by atomic mass is 9.99. The molecule has 3 N–H and O–H groups in total. The van der Waals surface area contributed by atoms with E-state index in [-0.39, 0.29) is 0 Å². The predicted molar refractivity (Wildman–Crippen MR) is 63.9 cm³/mol. The van der Waals surface area contributed by atoms with Gasteiger partial charge >= 0.3 is 0 Å². The summed E-state index contributed by atoms with van der Waals surface area (Å²) in [6.45, 7) is 1.95. The minimum absolute atomic E-state index is 0.651. The van der Waals surface area contributed by atoms with Crippen LogP contribution >= 0.6 is 0 Å². The molecule has 1 atom stereocenters. The van der Waals surface area contributed by atoms with E-state index in [1.807, 2.05) is 25.1 Å². The lowest BCUT2D eigenvalue weighted by molar-refractivity contribution is 0.219. The number of aliphatic hydroxyl groups excluding tert-OH is 1. The number of hydrogen-bond donors (Lipinski definition) is 2. The smallest absolute Gasteiger partial charge is 0.106 e. The van der Waals surface area contributed by atoms with Crippen LogP contribution in [0.2, 0.25) is 0 Å². The van der Waals surface area contributed by atoms with Crippen LogP contribution in [0.5, 0.6) is 0 Å². The molecule has 0 aliphatic carbocycles. The highest BCUT2D eigenvalue weighted by molar-refractivity contribution is 5.44. The average molecular weight is 214 g/mol. The number of aryl methyl sites for hydroxylation is 1. The van der Waals surface area contributed by atoms with Crippen LogP contribution in [0.25, 0.3) is 0 Å². The maximum atomic E-state index is 10.2. The van der Waals surface area contributed by atoms with E-state index in [9.17, 15) is 5.11 Å². The van der Waals surface area contributed by atoms with Crippen molar-refractivity contribution >= 4 is 5.69 Å². The fraction of sp³-hybridized carbons (Fsp3) is 0.154. The molecular formula is C13H14N2O. The third kappa shape index (κ3) is 2.04. The van der Waals surface area contributed by atoms with Crippen molar-refractivity contribution in [1.82, 2.24) is 4.98 Å². The lowest BCUT2D eigenvalue weighted by Gasteiger charge is -2.13. The average Bonchev–Trinajstić information content (AvgIpc) is 2.29. The third-order valence-electron chi connectivity index (χ3n) is 2.60. The van der Waals surface area contributed by atoms with Gasteiger partial charge in [0.1, 0.15) is 6.10 Å². The Bertz CT molecular complexity index is 497. The first-order valence-electron chi connectivity index (χ1n) is 5.12. The van der Waals surface area contributed by atoms with Crippen LogP contribution in [0, 0.1) is 6.92 Å². The predicted octanol–water partition coefficient (Wildman–Crippen LogP) is 2.05. The molecular weight excluding hydrogens is 200 g/mol. The Morgan fingerprint density at radius 2 is 2.12 bits per heavy atom. The van der Waals surface area contributed by atoms with Gasteiger partial charge in [-0.3, -0.25) is 4.98 Å². The molecule has 0 aliphatic rings. The summed E-state index contributed by atoms with van der Waals surface area (Å²) in [6, 6.07) is 9.14. The minimum atomic E-state index is -0.669. The summed E-state index contributed by atoms with van der Waals surface area (Å²) in [4.78, 5) is 4.02. The molecule has 1 unspecified atom stereocenters. The van der Waals surface area contributed by atoms with Gasteiger partial charge in [0.15, 0.2) is 0 Å². The second-order valence-electron chi connectivity index (χ2n) is 3.80. The minimum Gasteiger partial charge on any atom is -0.399 e. The van der Waals surface area contributed by atoms with Crippen LogP contribution in [-0.2, 0) is 0 Å². The third-order valence-corrected chi connectivity index (χ3v) is 2.60. The van der Waals surface area contributed by atoms with Gasteiger partial charge in [0.25, 0.3) is 0 Å². The van der Waals surface area contributed by atoms with E-state index in [0.29, 0.717) is 5.69 Å². The number of rotatable bonds is 2. The highest BCUT2D eigenvalue weighted by atomic mass is 16.3. The molecule has 0 bridgehead atoms. The van der Waals surface area contributed by atoms with E-state index in [1.54, 1.807) is 24.5 Å². The van der Waals surface area contributed by atoms with Gasteiger partial charge in [-0.05, 0) is 36.2 Å². The number of nitrogen functional groups attached to an aromatic ring is 1. The van der Waals surface area contributed by atoms with Gasteiger partial charge in [-0.25, -0.2) is 0 Å². The molecule has 0 saturated carbocycles. The number of benzene rings is 1. The van der Waals surface area contributed by atoms with Crippen LogP contribution in [0.1, 0.15) is 22.8 Å². The largest absolute Gasteiger partial charge is 0.399 e. The van der Waals surface area contributed by atoms with Crippen molar-refractivity contribution in [1.29, 1.82) is 0 Å². The van der Waals surface area contributed by atoms with Crippen molar-refractivity contribution in [3.8, 4) is 0 Å². The molecule has 0 amide bonds. The summed E-state index contributed by atoms with van der Waals surface area (Å²) in [5.41, 5.74) is 8.96. The molecule has 1 aromatic heterocycles. The van der Waals surface area contributed by atoms with E-state index >= 15 is 0 Å². The van der Waals surface area contributed by atoms with Crippen molar-refractivity contribution in [2.24, 2.45) is 0 Å². The molecule has 0 saturated heterocycles. The summed E-state index contributed by atoms with van der Waals surface area (Å²) in [7, 11) is 0. The fourth-order valence-electron chi connectivity index (χ4n) is 1.67. The first-order chi connectivity index (χ1) is 7.68. The topological polar surface area (TPSA) is 59.1 Å². The van der Waals surface area contributed by atoms with Crippen LogP contribution in [0.4, 0.5) is 5.69 Å². The van der Waals surface area contributed by atoms with Crippen molar-refractivity contribution in [3.05, 3.63) is 59.4 Å². The highest BCUT2D eigenvalue weighted by Gasteiger charge is 2.12. The zero-order chi connectivity index (χ0) is 11.5. The summed E-state index contributed by atoms with van der Waals surface area (Å²) in [5, 5.41) is 10.2. The molecule has 16 heavy (non-hydrogen) atoms. The normalized spacial score (nSPS) is 12.4. The monoisotopic (exact) mass is 214 g/mol. The van der Waals surface area contributed by atoms with Crippen LogP contribution in [-0.4, -0.2) is 10.1 Å². The van der Waals surface area contributed by atoms with Crippen molar-refractivity contribution in [2.75, 3.05) is 5.73 Å². The Balaban J connectivity index is 2.39. The van der Waals surface area contributed by atoms with E-state index in [2.05, 4.69) is 4.98 Å². The molecule has 0 radical (unpaired) electrons. The number of hydrogen-bond acceptors (Lipinski definition) is 3.